The second kappa shape index (κ2) is 10.2. The molecule has 28 heavy (non-hydrogen) atoms. The van der Waals surface area contributed by atoms with Crippen molar-refractivity contribution < 1.29 is 9.26 Å². The van der Waals surface area contributed by atoms with Crippen molar-refractivity contribution in [1.29, 1.82) is 0 Å². The summed E-state index contributed by atoms with van der Waals surface area (Å²) >= 11 is 0. The number of para-hydroxylation sites is 1. The molecule has 1 fully saturated rings. The summed E-state index contributed by atoms with van der Waals surface area (Å²) in [5.74, 6) is 2.68. The largest absolute Gasteiger partial charge is 0.490 e. The van der Waals surface area contributed by atoms with Gasteiger partial charge in [-0.25, -0.2) is 4.99 Å². The summed E-state index contributed by atoms with van der Waals surface area (Å²) in [7, 11) is 0. The van der Waals surface area contributed by atoms with Crippen LogP contribution in [0.5, 0.6) is 5.75 Å². The quantitative estimate of drug-likeness (QED) is 0.505. The fourth-order valence-corrected chi connectivity index (χ4v) is 3.23. The number of aromatic nitrogens is 1. The van der Waals surface area contributed by atoms with E-state index in [4.69, 9.17) is 14.3 Å². The summed E-state index contributed by atoms with van der Waals surface area (Å²) in [6.45, 7) is 8.28. The van der Waals surface area contributed by atoms with Crippen LogP contribution < -0.4 is 15.4 Å². The molecule has 2 aromatic rings. The van der Waals surface area contributed by atoms with Gasteiger partial charge in [0.15, 0.2) is 5.96 Å². The fourth-order valence-electron chi connectivity index (χ4n) is 3.23. The number of hydrogen-bond donors (Lipinski definition) is 2. The molecule has 1 saturated carbocycles. The molecule has 3 rings (SSSR count). The summed E-state index contributed by atoms with van der Waals surface area (Å²) < 4.78 is 11.6. The van der Waals surface area contributed by atoms with Crippen molar-refractivity contribution in [3.05, 3.63) is 46.8 Å². The SMILES string of the molecule is CCNC(=NCc1ccccc1OC1CCC1)NCc1c(CC)noc1CC. The summed E-state index contributed by atoms with van der Waals surface area (Å²) in [6.07, 6.45) is 5.64. The van der Waals surface area contributed by atoms with Crippen molar-refractivity contribution in [2.24, 2.45) is 4.99 Å². The highest BCUT2D eigenvalue weighted by molar-refractivity contribution is 5.79. The number of aliphatic imine (C=N–C) groups is 1. The average molecular weight is 385 g/mol. The van der Waals surface area contributed by atoms with Crippen molar-refractivity contribution >= 4 is 5.96 Å². The third-order valence-electron chi connectivity index (χ3n) is 5.11. The monoisotopic (exact) mass is 384 g/mol. The normalized spacial score (nSPS) is 14.6. The van der Waals surface area contributed by atoms with Crippen molar-refractivity contribution in [3.63, 3.8) is 0 Å². The number of nitrogens with zero attached hydrogens (tertiary/aromatic N) is 2. The van der Waals surface area contributed by atoms with Gasteiger partial charge in [0, 0.05) is 30.6 Å². The molecule has 0 bridgehead atoms. The number of guanidine groups is 1. The maximum atomic E-state index is 6.12. The maximum Gasteiger partial charge on any atom is 0.191 e. The van der Waals surface area contributed by atoms with Crippen LogP contribution >= 0.6 is 0 Å². The van der Waals surface area contributed by atoms with E-state index in [1.54, 1.807) is 0 Å². The molecule has 0 spiro atoms. The highest BCUT2D eigenvalue weighted by Gasteiger charge is 2.20. The number of rotatable bonds is 9. The van der Waals surface area contributed by atoms with E-state index in [-0.39, 0.29) is 0 Å². The second-order valence-corrected chi connectivity index (χ2v) is 7.07. The van der Waals surface area contributed by atoms with Crippen LogP contribution in [0.3, 0.4) is 0 Å². The zero-order valence-electron chi connectivity index (χ0n) is 17.3. The Morgan fingerprint density at radius 3 is 2.68 bits per heavy atom. The third kappa shape index (κ3) is 5.06. The lowest BCUT2D eigenvalue weighted by atomic mass is 9.96. The molecule has 6 nitrogen and oxygen atoms in total. The molecule has 1 aliphatic carbocycles. The van der Waals surface area contributed by atoms with Crippen molar-refractivity contribution in [2.45, 2.75) is 72.1 Å². The van der Waals surface area contributed by atoms with E-state index >= 15 is 0 Å². The first-order chi connectivity index (χ1) is 13.7. The molecule has 1 aromatic carbocycles. The molecule has 0 aliphatic heterocycles. The summed E-state index contributed by atoms with van der Waals surface area (Å²) in [5.41, 5.74) is 3.27. The van der Waals surface area contributed by atoms with Gasteiger partial charge in [-0.2, -0.15) is 0 Å². The molecular weight excluding hydrogens is 352 g/mol. The van der Waals surface area contributed by atoms with Crippen LogP contribution in [-0.4, -0.2) is 23.8 Å². The Morgan fingerprint density at radius 2 is 2.00 bits per heavy atom. The van der Waals surface area contributed by atoms with E-state index in [9.17, 15) is 0 Å². The Bertz CT molecular complexity index is 759. The van der Waals surface area contributed by atoms with Crippen LogP contribution in [0.15, 0.2) is 33.8 Å². The highest BCUT2D eigenvalue weighted by atomic mass is 16.5. The smallest absolute Gasteiger partial charge is 0.191 e. The molecule has 152 valence electrons. The Morgan fingerprint density at radius 1 is 1.18 bits per heavy atom. The van der Waals surface area contributed by atoms with Crippen molar-refractivity contribution in [2.75, 3.05) is 6.54 Å². The molecule has 2 N–H and O–H groups in total. The van der Waals surface area contributed by atoms with Crippen LogP contribution in [-0.2, 0) is 25.9 Å². The molecule has 1 heterocycles. The van der Waals surface area contributed by atoms with Gasteiger partial charge in [-0.3, -0.25) is 0 Å². The lowest BCUT2D eigenvalue weighted by Crippen LogP contribution is -2.37. The van der Waals surface area contributed by atoms with E-state index < -0.39 is 0 Å². The van der Waals surface area contributed by atoms with Gasteiger partial charge in [-0.05, 0) is 38.7 Å². The van der Waals surface area contributed by atoms with Crippen LogP contribution in [0.1, 0.15) is 62.6 Å². The molecule has 0 unspecified atom stereocenters. The minimum atomic E-state index is 0.366. The van der Waals surface area contributed by atoms with Gasteiger partial charge < -0.3 is 19.9 Å². The van der Waals surface area contributed by atoms with Gasteiger partial charge in [0.05, 0.1) is 18.3 Å². The molecule has 1 aliphatic rings. The lowest BCUT2D eigenvalue weighted by Gasteiger charge is -2.27. The van der Waals surface area contributed by atoms with Crippen molar-refractivity contribution in [1.82, 2.24) is 15.8 Å². The molecule has 0 atom stereocenters. The highest BCUT2D eigenvalue weighted by Crippen LogP contribution is 2.27. The molecule has 1 aromatic heterocycles. The first-order valence-electron chi connectivity index (χ1n) is 10.5. The van der Waals surface area contributed by atoms with Crippen LogP contribution in [0, 0.1) is 0 Å². The van der Waals surface area contributed by atoms with Gasteiger partial charge in [-0.15, -0.1) is 0 Å². The standard InChI is InChI=1S/C22H32N4O2/c1-4-19-18(20(5-2)28-26-19)15-25-22(23-6-3)24-14-16-10-7-8-13-21(16)27-17-11-9-12-17/h7-8,10,13,17H,4-6,9,11-12,14-15H2,1-3H3,(H2,23,24,25). The number of aryl methyl sites for hydroxylation is 2. The summed E-state index contributed by atoms with van der Waals surface area (Å²) in [6, 6.07) is 8.19. The fraction of sp³-hybridized carbons (Fsp3) is 0.545. The van der Waals surface area contributed by atoms with Crippen LogP contribution in [0.4, 0.5) is 0 Å². The van der Waals surface area contributed by atoms with Gasteiger partial charge in [-0.1, -0.05) is 37.2 Å². The third-order valence-corrected chi connectivity index (χ3v) is 5.11. The Balaban J connectivity index is 1.67. The number of hydrogen-bond acceptors (Lipinski definition) is 4. The zero-order chi connectivity index (χ0) is 19.8. The van der Waals surface area contributed by atoms with Crippen LogP contribution in [0.25, 0.3) is 0 Å². The molecule has 6 heteroatoms. The first-order valence-corrected chi connectivity index (χ1v) is 10.5. The zero-order valence-corrected chi connectivity index (χ0v) is 17.3. The number of benzene rings is 1. The molecule has 0 saturated heterocycles. The molecule has 0 amide bonds. The minimum Gasteiger partial charge on any atom is -0.490 e. The molecule has 0 radical (unpaired) electrons. The first kappa shape index (κ1) is 20.2. The van der Waals surface area contributed by atoms with Crippen LogP contribution in [0.2, 0.25) is 0 Å². The average Bonchev–Trinajstić information content (AvgIpc) is 3.09. The predicted octanol–water partition coefficient (Wildman–Crippen LogP) is 3.99. The number of nitrogens with one attached hydrogen (secondary N) is 2. The maximum absolute atomic E-state index is 6.12. The minimum absolute atomic E-state index is 0.366. The van der Waals surface area contributed by atoms with Gasteiger partial charge in [0.1, 0.15) is 11.5 Å². The topological polar surface area (TPSA) is 71.7 Å². The van der Waals surface area contributed by atoms with Gasteiger partial charge in [0.25, 0.3) is 0 Å². The number of ether oxygens (including phenoxy) is 1. The van der Waals surface area contributed by atoms with E-state index in [1.165, 1.54) is 6.42 Å². The van der Waals surface area contributed by atoms with E-state index in [1.807, 2.05) is 18.2 Å². The summed E-state index contributed by atoms with van der Waals surface area (Å²) in [5, 5.41) is 10.9. The lowest BCUT2D eigenvalue weighted by molar-refractivity contribution is 0.119. The predicted molar refractivity (Wildman–Crippen MR) is 112 cm³/mol. The Hall–Kier alpha value is -2.50. The van der Waals surface area contributed by atoms with E-state index in [0.717, 1.165) is 66.5 Å². The second-order valence-electron chi connectivity index (χ2n) is 7.07. The summed E-state index contributed by atoms with van der Waals surface area (Å²) in [4.78, 5) is 4.77. The molecular formula is C22H32N4O2. The van der Waals surface area contributed by atoms with E-state index in [2.05, 4.69) is 42.6 Å². The Labute approximate surface area is 167 Å². The Kier molecular flexibility index (Phi) is 7.34. The van der Waals surface area contributed by atoms with Gasteiger partial charge >= 0.3 is 0 Å². The van der Waals surface area contributed by atoms with Gasteiger partial charge in [0.2, 0.25) is 0 Å². The van der Waals surface area contributed by atoms with E-state index in [0.29, 0.717) is 19.2 Å². The van der Waals surface area contributed by atoms with Crippen molar-refractivity contribution in [3.8, 4) is 5.75 Å².